The number of fused-ring (bicyclic) bond motifs is 1. The summed E-state index contributed by atoms with van der Waals surface area (Å²) in [7, 11) is 4.93. The van der Waals surface area contributed by atoms with Gasteiger partial charge in [-0.2, -0.15) is 5.10 Å². The van der Waals surface area contributed by atoms with Gasteiger partial charge in [0.15, 0.2) is 0 Å². The monoisotopic (exact) mass is 467 g/mol. The fourth-order valence-corrected chi connectivity index (χ4v) is 4.00. The highest BCUT2D eigenvalue weighted by Crippen LogP contribution is 2.33. The molecule has 176 valence electrons. The smallest absolute Gasteiger partial charge is 0.273 e. The molecule has 8 nitrogen and oxygen atoms in total. The maximum atomic E-state index is 13.1. The SMILES string of the molecule is COc1ccc(OC)c(-c2cc(C(=O)Nc3cccc(-c4cn5ccc(C)cc5n4)c3)n(C)n2)c1. The maximum absolute atomic E-state index is 13.1. The Hall–Kier alpha value is -4.59. The Labute approximate surface area is 202 Å². The molecule has 0 saturated carbocycles. The summed E-state index contributed by atoms with van der Waals surface area (Å²) in [5, 5.41) is 7.51. The third-order valence-electron chi connectivity index (χ3n) is 5.83. The number of imidazole rings is 1. The molecule has 0 unspecified atom stereocenters. The number of hydrogen-bond acceptors (Lipinski definition) is 5. The Balaban J connectivity index is 1.41. The molecular formula is C27H25N5O3. The molecule has 0 aliphatic rings. The zero-order valence-corrected chi connectivity index (χ0v) is 19.9. The molecule has 8 heteroatoms. The number of aryl methyl sites for hydroxylation is 2. The molecule has 0 aliphatic carbocycles. The molecule has 2 aromatic carbocycles. The van der Waals surface area contributed by atoms with Crippen LogP contribution in [0, 0.1) is 6.92 Å². The van der Waals surface area contributed by atoms with Gasteiger partial charge in [-0.3, -0.25) is 9.48 Å². The fraction of sp³-hybridized carbons (Fsp3) is 0.148. The number of nitrogens with one attached hydrogen (secondary N) is 1. The first-order valence-electron chi connectivity index (χ1n) is 11.1. The van der Waals surface area contributed by atoms with E-state index < -0.39 is 0 Å². The van der Waals surface area contributed by atoms with E-state index in [9.17, 15) is 4.79 Å². The van der Waals surface area contributed by atoms with Crippen LogP contribution in [0.2, 0.25) is 0 Å². The van der Waals surface area contributed by atoms with Crippen molar-refractivity contribution in [1.82, 2.24) is 19.2 Å². The number of rotatable bonds is 6. The average molecular weight is 468 g/mol. The third kappa shape index (κ3) is 4.33. The molecule has 1 N–H and O–H groups in total. The van der Waals surface area contributed by atoms with E-state index in [1.165, 1.54) is 0 Å². The average Bonchev–Trinajstić information content (AvgIpc) is 3.47. The summed E-state index contributed by atoms with van der Waals surface area (Å²) in [6.45, 7) is 2.04. The second-order valence-corrected chi connectivity index (χ2v) is 8.24. The van der Waals surface area contributed by atoms with Gasteiger partial charge in [0, 0.05) is 36.3 Å². The predicted octanol–water partition coefficient (Wildman–Crippen LogP) is 4.98. The lowest BCUT2D eigenvalue weighted by atomic mass is 10.1. The standard InChI is InChI=1S/C27H25N5O3/c1-17-10-11-32-16-23(29-26(32)12-17)18-6-5-7-19(13-18)28-27(33)24-15-22(30-31(24)2)21-14-20(34-3)8-9-25(21)35-4/h5-16H,1-4H3,(H,28,33). The number of amides is 1. The molecule has 5 rings (SSSR count). The number of ether oxygens (including phenoxy) is 2. The summed E-state index contributed by atoms with van der Waals surface area (Å²) in [6.07, 6.45) is 3.97. The van der Waals surface area contributed by atoms with Crippen molar-refractivity contribution in [3.63, 3.8) is 0 Å². The molecule has 0 atom stereocenters. The van der Waals surface area contributed by atoms with E-state index in [0.717, 1.165) is 28.0 Å². The summed E-state index contributed by atoms with van der Waals surface area (Å²) in [5.74, 6) is 1.05. The van der Waals surface area contributed by atoms with Crippen molar-refractivity contribution >= 4 is 17.2 Å². The Morgan fingerprint density at radius 3 is 2.63 bits per heavy atom. The van der Waals surface area contributed by atoms with E-state index in [0.29, 0.717) is 28.6 Å². The molecule has 0 aliphatic heterocycles. The number of nitrogens with zero attached hydrogens (tertiary/aromatic N) is 4. The summed E-state index contributed by atoms with van der Waals surface area (Å²) in [5.41, 5.74) is 6.21. The summed E-state index contributed by atoms with van der Waals surface area (Å²) in [6, 6.07) is 18.9. The van der Waals surface area contributed by atoms with E-state index in [4.69, 9.17) is 14.5 Å². The van der Waals surface area contributed by atoms with Gasteiger partial charge in [-0.15, -0.1) is 0 Å². The number of methoxy groups -OCH3 is 2. The quantitative estimate of drug-likeness (QED) is 0.381. The van der Waals surface area contributed by atoms with Crippen molar-refractivity contribution in [2.24, 2.45) is 7.05 Å². The molecular weight excluding hydrogens is 442 g/mol. The highest BCUT2D eigenvalue weighted by atomic mass is 16.5. The molecule has 5 aromatic rings. The van der Waals surface area contributed by atoms with Crippen LogP contribution in [0.3, 0.4) is 0 Å². The van der Waals surface area contributed by atoms with Gasteiger partial charge in [0.2, 0.25) is 0 Å². The Bertz CT molecular complexity index is 1550. The van der Waals surface area contributed by atoms with E-state index in [-0.39, 0.29) is 5.91 Å². The topological polar surface area (TPSA) is 82.7 Å². The minimum Gasteiger partial charge on any atom is -0.497 e. The van der Waals surface area contributed by atoms with Crippen molar-refractivity contribution in [2.75, 3.05) is 19.5 Å². The number of aromatic nitrogens is 4. The van der Waals surface area contributed by atoms with Gasteiger partial charge in [0.25, 0.3) is 5.91 Å². The first kappa shape index (κ1) is 22.2. The van der Waals surface area contributed by atoms with Gasteiger partial charge in [-0.05, 0) is 61.0 Å². The first-order valence-corrected chi connectivity index (χ1v) is 11.1. The first-order chi connectivity index (χ1) is 16.9. The zero-order valence-electron chi connectivity index (χ0n) is 19.9. The van der Waals surface area contributed by atoms with Crippen molar-refractivity contribution in [2.45, 2.75) is 6.92 Å². The van der Waals surface area contributed by atoms with Gasteiger partial charge >= 0.3 is 0 Å². The number of benzene rings is 2. The number of carbonyl (C=O) groups is 1. The van der Waals surface area contributed by atoms with Gasteiger partial charge in [0.05, 0.1) is 25.6 Å². The summed E-state index contributed by atoms with van der Waals surface area (Å²) >= 11 is 0. The van der Waals surface area contributed by atoms with Gasteiger partial charge in [-0.25, -0.2) is 4.98 Å². The van der Waals surface area contributed by atoms with E-state index in [1.54, 1.807) is 32.0 Å². The lowest BCUT2D eigenvalue weighted by Crippen LogP contribution is -2.16. The largest absolute Gasteiger partial charge is 0.497 e. The van der Waals surface area contributed by atoms with Crippen LogP contribution in [-0.4, -0.2) is 39.3 Å². The minimum atomic E-state index is -0.268. The van der Waals surface area contributed by atoms with Crippen LogP contribution < -0.4 is 14.8 Å². The van der Waals surface area contributed by atoms with Gasteiger partial charge < -0.3 is 19.2 Å². The summed E-state index contributed by atoms with van der Waals surface area (Å²) < 4.78 is 14.3. The van der Waals surface area contributed by atoms with Crippen LogP contribution in [0.4, 0.5) is 5.69 Å². The van der Waals surface area contributed by atoms with Crippen LogP contribution in [0.25, 0.3) is 28.2 Å². The highest BCUT2D eigenvalue weighted by Gasteiger charge is 2.18. The van der Waals surface area contributed by atoms with Crippen molar-refractivity contribution in [3.05, 3.63) is 84.3 Å². The number of anilines is 1. The van der Waals surface area contributed by atoms with Crippen molar-refractivity contribution in [1.29, 1.82) is 0 Å². The lowest BCUT2D eigenvalue weighted by Gasteiger charge is -2.08. The Morgan fingerprint density at radius 1 is 0.971 bits per heavy atom. The number of hydrogen-bond donors (Lipinski definition) is 1. The number of pyridine rings is 1. The van der Waals surface area contributed by atoms with Crippen LogP contribution >= 0.6 is 0 Å². The molecule has 1 amide bonds. The van der Waals surface area contributed by atoms with Crippen LogP contribution in [0.1, 0.15) is 16.1 Å². The second-order valence-electron chi connectivity index (χ2n) is 8.24. The predicted molar refractivity (Wildman–Crippen MR) is 135 cm³/mol. The van der Waals surface area contributed by atoms with Crippen LogP contribution in [-0.2, 0) is 7.05 Å². The van der Waals surface area contributed by atoms with Crippen molar-refractivity contribution in [3.8, 4) is 34.0 Å². The van der Waals surface area contributed by atoms with E-state index >= 15 is 0 Å². The third-order valence-corrected chi connectivity index (χ3v) is 5.83. The van der Waals surface area contributed by atoms with Gasteiger partial charge in [0.1, 0.15) is 22.8 Å². The molecule has 3 aromatic heterocycles. The second kappa shape index (κ2) is 8.98. The molecule has 35 heavy (non-hydrogen) atoms. The van der Waals surface area contributed by atoms with Crippen LogP contribution in [0.5, 0.6) is 11.5 Å². The normalized spacial score (nSPS) is 11.0. The zero-order chi connectivity index (χ0) is 24.5. The van der Waals surface area contributed by atoms with Crippen molar-refractivity contribution < 1.29 is 14.3 Å². The number of carbonyl (C=O) groups excluding carboxylic acids is 1. The lowest BCUT2D eigenvalue weighted by molar-refractivity contribution is 0.101. The summed E-state index contributed by atoms with van der Waals surface area (Å²) in [4.78, 5) is 17.9. The molecule has 3 heterocycles. The highest BCUT2D eigenvalue weighted by molar-refractivity contribution is 6.04. The molecule has 0 fully saturated rings. The molecule has 0 saturated heterocycles. The molecule has 0 radical (unpaired) electrons. The Morgan fingerprint density at radius 2 is 1.83 bits per heavy atom. The molecule has 0 spiro atoms. The van der Waals surface area contributed by atoms with E-state index in [2.05, 4.69) is 10.4 Å². The fourth-order valence-electron chi connectivity index (χ4n) is 4.00. The molecule has 0 bridgehead atoms. The Kier molecular flexibility index (Phi) is 5.70. The maximum Gasteiger partial charge on any atom is 0.273 e. The van der Waals surface area contributed by atoms with E-state index in [1.807, 2.05) is 78.3 Å². The van der Waals surface area contributed by atoms with Crippen LogP contribution in [0.15, 0.2) is 73.1 Å². The minimum absolute atomic E-state index is 0.268. The van der Waals surface area contributed by atoms with Gasteiger partial charge in [-0.1, -0.05) is 12.1 Å².